The van der Waals surface area contributed by atoms with Gasteiger partial charge in [-0.2, -0.15) is 0 Å². The predicted molar refractivity (Wildman–Crippen MR) is 79.8 cm³/mol. The van der Waals surface area contributed by atoms with Crippen LogP contribution in [0.3, 0.4) is 0 Å². The van der Waals surface area contributed by atoms with Crippen molar-refractivity contribution in [2.75, 3.05) is 0 Å². The Hall–Kier alpha value is -1.26. The van der Waals surface area contributed by atoms with Gasteiger partial charge >= 0.3 is 0 Å². The van der Waals surface area contributed by atoms with Crippen molar-refractivity contribution in [3.05, 3.63) is 34.3 Å². The molecule has 0 heterocycles. The van der Waals surface area contributed by atoms with Crippen molar-refractivity contribution < 1.29 is 5.21 Å². The topological polar surface area (TPSA) is 70.6 Å². The summed E-state index contributed by atoms with van der Waals surface area (Å²) in [6.45, 7) is 7.22. The molecule has 0 aliphatic rings. The smallest absolute Gasteiger partial charge is 0.170 e. The lowest BCUT2D eigenvalue weighted by Gasteiger charge is -2.26. The Morgan fingerprint density at radius 3 is 2.68 bits per heavy atom. The fourth-order valence-corrected chi connectivity index (χ4v) is 2.20. The molecule has 4 N–H and O–H groups in total. The summed E-state index contributed by atoms with van der Waals surface area (Å²) in [5.41, 5.74) is 7.22. The van der Waals surface area contributed by atoms with Crippen molar-refractivity contribution in [3.63, 3.8) is 0 Å². The van der Waals surface area contributed by atoms with E-state index in [1.54, 1.807) is 12.1 Å². The molecule has 0 aliphatic carbocycles. The van der Waals surface area contributed by atoms with Gasteiger partial charge in [0, 0.05) is 22.7 Å². The van der Waals surface area contributed by atoms with Gasteiger partial charge in [-0.15, -0.1) is 0 Å². The molecule has 0 fully saturated rings. The third-order valence-corrected chi connectivity index (χ3v) is 3.44. The van der Waals surface area contributed by atoms with Crippen molar-refractivity contribution in [3.8, 4) is 0 Å². The Morgan fingerprint density at radius 2 is 2.16 bits per heavy atom. The summed E-state index contributed by atoms with van der Waals surface area (Å²) >= 11 is 6.20. The highest BCUT2D eigenvalue weighted by molar-refractivity contribution is 6.31. The van der Waals surface area contributed by atoms with E-state index in [-0.39, 0.29) is 11.4 Å². The Bertz CT molecular complexity index is 458. The first-order valence-electron chi connectivity index (χ1n) is 6.41. The molecule has 1 aromatic carbocycles. The quantitative estimate of drug-likeness (QED) is 0.325. The first-order valence-corrected chi connectivity index (χ1v) is 6.79. The number of oxime groups is 1. The molecule has 0 aromatic heterocycles. The predicted octanol–water partition coefficient (Wildman–Crippen LogP) is 3.10. The van der Waals surface area contributed by atoms with E-state index in [4.69, 9.17) is 22.5 Å². The van der Waals surface area contributed by atoms with Crippen molar-refractivity contribution in [2.24, 2.45) is 10.9 Å². The molecule has 0 radical (unpaired) electrons. The van der Waals surface area contributed by atoms with Crippen LogP contribution in [0.1, 0.15) is 44.7 Å². The molecule has 0 saturated carbocycles. The Balaban J connectivity index is 2.76. The summed E-state index contributed by atoms with van der Waals surface area (Å²) in [7, 11) is 0. The van der Waals surface area contributed by atoms with Crippen molar-refractivity contribution in [2.45, 2.75) is 45.7 Å². The van der Waals surface area contributed by atoms with Gasteiger partial charge in [-0.25, -0.2) is 0 Å². The molecule has 5 heteroatoms. The summed E-state index contributed by atoms with van der Waals surface area (Å²) in [5, 5.41) is 15.7. The molecule has 106 valence electrons. The van der Waals surface area contributed by atoms with E-state index in [0.717, 1.165) is 18.4 Å². The maximum absolute atomic E-state index is 8.63. The number of amidine groups is 1. The van der Waals surface area contributed by atoms with Gasteiger partial charge in [-0.05, 0) is 31.9 Å². The van der Waals surface area contributed by atoms with Crippen LogP contribution in [0, 0.1) is 0 Å². The lowest BCUT2D eigenvalue weighted by Crippen LogP contribution is -2.38. The molecule has 0 saturated heterocycles. The van der Waals surface area contributed by atoms with Crippen LogP contribution in [-0.4, -0.2) is 16.6 Å². The molecule has 4 nitrogen and oxygen atoms in total. The maximum Gasteiger partial charge on any atom is 0.170 e. The minimum absolute atomic E-state index is 0.0627. The zero-order valence-electron chi connectivity index (χ0n) is 11.7. The third-order valence-electron chi connectivity index (χ3n) is 3.09. The van der Waals surface area contributed by atoms with E-state index >= 15 is 0 Å². The summed E-state index contributed by atoms with van der Waals surface area (Å²) in [5.74, 6) is 0.0627. The molecule has 1 rings (SSSR count). The molecule has 0 amide bonds. The third kappa shape index (κ3) is 4.73. The number of hydrogen-bond donors (Lipinski definition) is 3. The molecule has 0 unspecified atom stereocenters. The van der Waals surface area contributed by atoms with Gasteiger partial charge in [0.1, 0.15) is 0 Å². The lowest BCUT2D eigenvalue weighted by molar-refractivity contribution is 0.318. The largest absolute Gasteiger partial charge is 0.409 e. The van der Waals surface area contributed by atoms with Crippen LogP contribution in [-0.2, 0) is 6.54 Å². The number of nitrogens with zero attached hydrogens (tertiary/aromatic N) is 1. The molecule has 0 bridgehead atoms. The monoisotopic (exact) mass is 283 g/mol. The van der Waals surface area contributed by atoms with Gasteiger partial charge in [-0.1, -0.05) is 42.2 Å². The zero-order chi connectivity index (χ0) is 14.5. The van der Waals surface area contributed by atoms with Crippen LogP contribution in [0.4, 0.5) is 0 Å². The van der Waals surface area contributed by atoms with Crippen molar-refractivity contribution in [1.82, 2.24) is 5.32 Å². The van der Waals surface area contributed by atoms with Gasteiger partial charge in [0.15, 0.2) is 5.84 Å². The Morgan fingerprint density at radius 1 is 1.47 bits per heavy atom. The number of hydrogen-bond acceptors (Lipinski definition) is 3. The molecule has 19 heavy (non-hydrogen) atoms. The highest BCUT2D eigenvalue weighted by atomic mass is 35.5. The van der Waals surface area contributed by atoms with Crippen LogP contribution in [0.2, 0.25) is 5.02 Å². The molecular weight excluding hydrogens is 262 g/mol. The van der Waals surface area contributed by atoms with Crippen LogP contribution in [0.15, 0.2) is 23.4 Å². The number of halogens is 1. The molecule has 1 aromatic rings. The van der Waals surface area contributed by atoms with E-state index in [0.29, 0.717) is 17.1 Å². The van der Waals surface area contributed by atoms with E-state index in [9.17, 15) is 0 Å². The van der Waals surface area contributed by atoms with Gasteiger partial charge < -0.3 is 16.3 Å². The van der Waals surface area contributed by atoms with E-state index in [2.05, 4.69) is 31.2 Å². The summed E-state index contributed by atoms with van der Waals surface area (Å²) in [6.07, 6.45) is 2.24. The summed E-state index contributed by atoms with van der Waals surface area (Å²) in [6, 6.07) is 5.40. The first-order chi connectivity index (χ1) is 8.89. The normalized spacial score (nSPS) is 12.7. The SMILES string of the molecule is CCCC(C)(C)NCc1ccc(/C(N)=N/O)cc1Cl. The number of nitrogens with two attached hydrogens (primary N) is 1. The number of rotatable bonds is 6. The average molecular weight is 284 g/mol. The first kappa shape index (κ1) is 15.8. The van der Waals surface area contributed by atoms with Crippen molar-refractivity contribution in [1.29, 1.82) is 0 Å². The lowest BCUT2D eigenvalue weighted by atomic mass is 9.98. The second kappa shape index (κ2) is 6.78. The minimum atomic E-state index is 0.0627. The van der Waals surface area contributed by atoms with Crippen molar-refractivity contribution >= 4 is 17.4 Å². The maximum atomic E-state index is 8.63. The zero-order valence-corrected chi connectivity index (χ0v) is 12.5. The molecule has 0 atom stereocenters. The van der Waals surface area contributed by atoms with Crippen LogP contribution >= 0.6 is 11.6 Å². The summed E-state index contributed by atoms with van der Waals surface area (Å²) in [4.78, 5) is 0. The average Bonchev–Trinajstić information content (AvgIpc) is 2.36. The van der Waals surface area contributed by atoms with E-state index in [1.807, 2.05) is 6.07 Å². The van der Waals surface area contributed by atoms with E-state index < -0.39 is 0 Å². The number of nitrogens with one attached hydrogen (secondary N) is 1. The van der Waals surface area contributed by atoms with Gasteiger partial charge in [0.05, 0.1) is 0 Å². The van der Waals surface area contributed by atoms with Crippen LogP contribution in [0.25, 0.3) is 0 Å². The highest BCUT2D eigenvalue weighted by Gasteiger charge is 2.16. The molecular formula is C14H22ClN3O. The van der Waals surface area contributed by atoms with Gasteiger partial charge in [0.25, 0.3) is 0 Å². The fraction of sp³-hybridized carbons (Fsp3) is 0.500. The standard InChI is InChI=1S/C14H22ClN3O/c1-4-7-14(2,3)17-9-11-6-5-10(8-12(11)15)13(16)18-19/h5-6,8,17,19H,4,7,9H2,1-3H3,(H2,16,18). The second-order valence-corrected chi connectivity index (χ2v) is 5.69. The van der Waals surface area contributed by atoms with Gasteiger partial charge in [-0.3, -0.25) is 0 Å². The molecule has 0 aliphatic heterocycles. The van der Waals surface area contributed by atoms with Gasteiger partial charge in [0.2, 0.25) is 0 Å². The van der Waals surface area contributed by atoms with E-state index in [1.165, 1.54) is 0 Å². The Kier molecular flexibility index (Phi) is 5.63. The second-order valence-electron chi connectivity index (χ2n) is 5.28. The number of benzene rings is 1. The minimum Gasteiger partial charge on any atom is -0.409 e. The Labute approximate surface area is 119 Å². The highest BCUT2D eigenvalue weighted by Crippen LogP contribution is 2.19. The molecule has 0 spiro atoms. The summed E-state index contributed by atoms with van der Waals surface area (Å²) < 4.78 is 0. The fourth-order valence-electron chi connectivity index (χ4n) is 1.96. The van der Waals surface area contributed by atoms with Crippen LogP contribution in [0.5, 0.6) is 0 Å². The van der Waals surface area contributed by atoms with Crippen LogP contribution < -0.4 is 11.1 Å².